The van der Waals surface area contributed by atoms with Crippen molar-refractivity contribution in [2.75, 3.05) is 0 Å². The maximum atomic E-state index is 12.4. The molecule has 1 aromatic carbocycles. The van der Waals surface area contributed by atoms with Crippen LogP contribution in [0, 0.1) is 21.4 Å². The number of nitro groups is 1. The quantitative estimate of drug-likeness (QED) is 0.370. The molecule has 0 unspecified atom stereocenters. The first-order valence-electron chi connectivity index (χ1n) is 6.78. The summed E-state index contributed by atoms with van der Waals surface area (Å²) >= 11 is 0. The van der Waals surface area contributed by atoms with Gasteiger partial charge in [-0.1, -0.05) is 6.92 Å². The van der Waals surface area contributed by atoms with E-state index in [2.05, 4.69) is 0 Å². The fourth-order valence-electron chi connectivity index (χ4n) is 2.53. The number of nitrogens with zero attached hydrogens (tertiary/aromatic N) is 1. The first-order chi connectivity index (χ1) is 9.78. The molecule has 1 saturated heterocycles. The van der Waals surface area contributed by atoms with Gasteiger partial charge in [-0.3, -0.25) is 19.7 Å². The Morgan fingerprint density at radius 1 is 1.24 bits per heavy atom. The van der Waals surface area contributed by atoms with Crippen LogP contribution in [0.5, 0.6) is 0 Å². The van der Waals surface area contributed by atoms with Crippen LogP contribution >= 0.6 is 0 Å². The number of non-ortho nitro benzene ring substituents is 1. The first kappa shape index (κ1) is 15.2. The van der Waals surface area contributed by atoms with Gasteiger partial charge in [0.1, 0.15) is 11.5 Å². The van der Waals surface area contributed by atoms with Gasteiger partial charge in [-0.2, -0.15) is 0 Å². The van der Waals surface area contributed by atoms with Crippen LogP contribution in [0.2, 0.25) is 0 Å². The third-order valence-electron chi connectivity index (χ3n) is 3.93. The van der Waals surface area contributed by atoms with Gasteiger partial charge in [-0.05, 0) is 38.0 Å². The summed E-state index contributed by atoms with van der Waals surface area (Å²) in [5.74, 6) is -1.13. The van der Waals surface area contributed by atoms with Gasteiger partial charge >= 0.3 is 5.97 Å². The van der Waals surface area contributed by atoms with E-state index in [1.54, 1.807) is 13.8 Å². The molecule has 1 aliphatic rings. The second-order valence-electron chi connectivity index (χ2n) is 5.68. The molecule has 0 saturated carbocycles. The minimum absolute atomic E-state index is 0.0411. The predicted octanol–water partition coefficient (Wildman–Crippen LogP) is 2.81. The zero-order chi connectivity index (χ0) is 15.8. The molecule has 0 spiro atoms. The van der Waals surface area contributed by atoms with E-state index in [9.17, 15) is 19.7 Å². The van der Waals surface area contributed by atoms with E-state index < -0.39 is 28.3 Å². The van der Waals surface area contributed by atoms with Gasteiger partial charge in [0.2, 0.25) is 0 Å². The Kier molecular flexibility index (Phi) is 3.80. The van der Waals surface area contributed by atoms with Crippen molar-refractivity contribution in [3.8, 4) is 0 Å². The number of ether oxygens (including phenoxy) is 1. The van der Waals surface area contributed by atoms with Crippen LogP contribution in [0.4, 0.5) is 5.69 Å². The van der Waals surface area contributed by atoms with E-state index in [0.717, 1.165) is 0 Å². The van der Waals surface area contributed by atoms with Crippen molar-refractivity contribution < 1.29 is 19.2 Å². The zero-order valence-electron chi connectivity index (χ0n) is 12.2. The average molecular weight is 291 g/mol. The monoisotopic (exact) mass is 291 g/mol. The Morgan fingerprint density at radius 2 is 1.81 bits per heavy atom. The summed E-state index contributed by atoms with van der Waals surface area (Å²) in [4.78, 5) is 34.6. The average Bonchev–Trinajstić information content (AvgIpc) is 2.45. The number of hydrogen-bond acceptors (Lipinski definition) is 5. The standard InChI is InChI=1S/C15H17NO5/c1-4-11-12(21-14(18)15(2,3)13(11)17)9-5-7-10(8-6-9)16(19)20/h5-8,11-12H,4H2,1-3H3/t11-,12+/m1/s1. The van der Waals surface area contributed by atoms with E-state index in [4.69, 9.17) is 4.74 Å². The molecule has 0 bridgehead atoms. The predicted molar refractivity (Wildman–Crippen MR) is 74.5 cm³/mol. The lowest BCUT2D eigenvalue weighted by Gasteiger charge is -2.37. The Hall–Kier alpha value is -2.24. The van der Waals surface area contributed by atoms with Gasteiger partial charge in [0.25, 0.3) is 5.69 Å². The fourth-order valence-corrected chi connectivity index (χ4v) is 2.53. The summed E-state index contributed by atoms with van der Waals surface area (Å²) < 4.78 is 5.43. The number of nitro benzene ring substituents is 1. The smallest absolute Gasteiger partial charge is 0.319 e. The van der Waals surface area contributed by atoms with Crippen LogP contribution in [0.1, 0.15) is 38.9 Å². The van der Waals surface area contributed by atoms with E-state index in [-0.39, 0.29) is 11.5 Å². The van der Waals surface area contributed by atoms with Crippen molar-refractivity contribution in [1.82, 2.24) is 0 Å². The summed E-state index contributed by atoms with van der Waals surface area (Å²) in [5.41, 5.74) is -0.581. The number of esters is 1. The molecule has 1 heterocycles. The second kappa shape index (κ2) is 5.27. The highest BCUT2D eigenvalue weighted by Gasteiger charge is 2.50. The van der Waals surface area contributed by atoms with Crippen molar-refractivity contribution in [3.63, 3.8) is 0 Å². The van der Waals surface area contributed by atoms with Gasteiger partial charge < -0.3 is 4.74 Å². The molecule has 0 amide bonds. The van der Waals surface area contributed by atoms with Crippen molar-refractivity contribution in [1.29, 1.82) is 0 Å². The topological polar surface area (TPSA) is 86.5 Å². The van der Waals surface area contributed by atoms with E-state index in [0.29, 0.717) is 12.0 Å². The number of ketones is 1. The molecule has 0 N–H and O–H groups in total. The molecule has 2 rings (SSSR count). The lowest BCUT2D eigenvalue weighted by molar-refractivity contribution is -0.384. The van der Waals surface area contributed by atoms with Crippen molar-refractivity contribution in [2.24, 2.45) is 11.3 Å². The van der Waals surface area contributed by atoms with Crippen molar-refractivity contribution >= 4 is 17.4 Å². The second-order valence-corrected chi connectivity index (χ2v) is 5.68. The Balaban J connectivity index is 2.36. The largest absolute Gasteiger partial charge is 0.456 e. The molecule has 0 radical (unpaired) electrons. The van der Waals surface area contributed by atoms with Crippen LogP contribution < -0.4 is 0 Å². The highest BCUT2D eigenvalue weighted by Crippen LogP contribution is 2.41. The highest BCUT2D eigenvalue weighted by atomic mass is 16.6. The number of rotatable bonds is 3. The van der Waals surface area contributed by atoms with E-state index in [1.807, 2.05) is 6.92 Å². The Labute approximate surface area is 122 Å². The maximum absolute atomic E-state index is 12.4. The van der Waals surface area contributed by atoms with Gasteiger partial charge in [-0.15, -0.1) is 0 Å². The van der Waals surface area contributed by atoms with Gasteiger partial charge in [0, 0.05) is 12.1 Å². The zero-order valence-corrected chi connectivity index (χ0v) is 12.2. The lowest BCUT2D eigenvalue weighted by atomic mass is 9.74. The van der Waals surface area contributed by atoms with Crippen LogP contribution in [0.25, 0.3) is 0 Å². The molecule has 0 aromatic heterocycles. The van der Waals surface area contributed by atoms with Gasteiger partial charge in [-0.25, -0.2) is 0 Å². The molecule has 2 atom stereocenters. The highest BCUT2D eigenvalue weighted by molar-refractivity contribution is 6.06. The molecular formula is C15H17NO5. The van der Waals surface area contributed by atoms with Crippen molar-refractivity contribution in [3.05, 3.63) is 39.9 Å². The normalized spacial score (nSPS) is 24.5. The van der Waals surface area contributed by atoms with E-state index in [1.165, 1.54) is 24.3 Å². The maximum Gasteiger partial charge on any atom is 0.319 e. The molecule has 112 valence electrons. The molecule has 1 fully saturated rings. The van der Waals surface area contributed by atoms with Crippen molar-refractivity contribution in [2.45, 2.75) is 33.3 Å². The Bertz CT molecular complexity index is 591. The van der Waals surface area contributed by atoms with Gasteiger partial charge in [0.15, 0.2) is 5.78 Å². The molecule has 0 aliphatic carbocycles. The molecule has 21 heavy (non-hydrogen) atoms. The van der Waals surface area contributed by atoms with Crippen LogP contribution in [-0.2, 0) is 14.3 Å². The van der Waals surface area contributed by atoms with E-state index >= 15 is 0 Å². The number of carbonyl (C=O) groups is 2. The summed E-state index contributed by atoms with van der Waals surface area (Å²) in [5, 5.41) is 10.7. The summed E-state index contributed by atoms with van der Waals surface area (Å²) in [6.07, 6.45) is -0.138. The number of Topliss-reactive ketones (excluding diaryl/α,β-unsaturated/α-hetero) is 1. The Morgan fingerprint density at radius 3 is 2.29 bits per heavy atom. The molecule has 1 aromatic rings. The number of cyclic esters (lactones) is 1. The minimum Gasteiger partial charge on any atom is -0.456 e. The molecule has 6 heteroatoms. The minimum atomic E-state index is -1.14. The molecule has 1 aliphatic heterocycles. The fraction of sp³-hybridized carbons (Fsp3) is 0.467. The van der Waals surface area contributed by atoms with Crippen LogP contribution in [0.15, 0.2) is 24.3 Å². The van der Waals surface area contributed by atoms with Crippen LogP contribution in [0.3, 0.4) is 0 Å². The summed E-state index contributed by atoms with van der Waals surface area (Å²) in [7, 11) is 0. The third kappa shape index (κ3) is 2.53. The van der Waals surface area contributed by atoms with Crippen LogP contribution in [-0.4, -0.2) is 16.7 Å². The number of hydrogen-bond donors (Lipinski definition) is 0. The molecular weight excluding hydrogens is 274 g/mol. The third-order valence-corrected chi connectivity index (χ3v) is 3.93. The SMILES string of the molecule is CC[C@H]1C(=O)C(C)(C)C(=O)O[C@H]1c1ccc([N+](=O)[O-])cc1. The lowest BCUT2D eigenvalue weighted by Crippen LogP contribution is -2.47. The summed E-state index contributed by atoms with van der Waals surface area (Å²) in [6, 6.07) is 5.76. The number of benzene rings is 1. The first-order valence-corrected chi connectivity index (χ1v) is 6.78. The molecule has 6 nitrogen and oxygen atoms in total. The number of carbonyl (C=O) groups excluding carboxylic acids is 2. The van der Waals surface area contributed by atoms with Gasteiger partial charge in [0.05, 0.1) is 10.8 Å². The summed E-state index contributed by atoms with van der Waals surface area (Å²) in [6.45, 7) is 4.98.